The van der Waals surface area contributed by atoms with Crippen LogP contribution in [0.5, 0.6) is 0 Å². The van der Waals surface area contributed by atoms with E-state index in [0.717, 1.165) is 13.1 Å². The molecule has 0 unspecified atom stereocenters. The number of hydroxylamine groups is 2. The largest absolute Gasteiger partial charge is 0.314 e. The second-order valence-electron chi connectivity index (χ2n) is 3.88. The van der Waals surface area contributed by atoms with E-state index in [0.29, 0.717) is 5.41 Å². The van der Waals surface area contributed by atoms with Crippen molar-refractivity contribution in [1.82, 2.24) is 5.06 Å². The molecule has 2 rings (SSSR count). The molecular formula is C8H15NO. The molecule has 1 spiro atoms. The number of hydrogen-bond donors (Lipinski definition) is 1. The van der Waals surface area contributed by atoms with E-state index < -0.39 is 0 Å². The molecule has 58 valence electrons. The molecule has 0 radical (unpaired) electrons. The van der Waals surface area contributed by atoms with Gasteiger partial charge in [-0.25, -0.2) is 0 Å². The van der Waals surface area contributed by atoms with Crippen molar-refractivity contribution in [2.24, 2.45) is 5.41 Å². The van der Waals surface area contributed by atoms with Crippen LogP contribution in [0, 0.1) is 5.41 Å². The summed E-state index contributed by atoms with van der Waals surface area (Å²) in [7, 11) is 0. The zero-order valence-corrected chi connectivity index (χ0v) is 6.34. The molecule has 1 aliphatic heterocycles. The van der Waals surface area contributed by atoms with Crippen molar-refractivity contribution in [2.45, 2.75) is 32.1 Å². The molecule has 1 N–H and O–H groups in total. The summed E-state index contributed by atoms with van der Waals surface area (Å²) in [5, 5.41) is 10.4. The predicted octanol–water partition coefficient (Wildman–Crippen LogP) is 1.64. The van der Waals surface area contributed by atoms with Crippen LogP contribution in [0.25, 0.3) is 0 Å². The Balaban J connectivity index is 1.90. The van der Waals surface area contributed by atoms with Gasteiger partial charge in [0.15, 0.2) is 0 Å². The highest BCUT2D eigenvalue weighted by atomic mass is 16.5. The summed E-state index contributed by atoms with van der Waals surface area (Å²) >= 11 is 0. The third kappa shape index (κ3) is 0.956. The lowest BCUT2D eigenvalue weighted by Gasteiger charge is -2.49. The van der Waals surface area contributed by atoms with Crippen molar-refractivity contribution in [3.8, 4) is 0 Å². The minimum absolute atomic E-state index is 0.549. The average molecular weight is 141 g/mol. The molecule has 1 aliphatic carbocycles. The van der Waals surface area contributed by atoms with Crippen molar-refractivity contribution in [3.05, 3.63) is 0 Å². The Morgan fingerprint density at radius 1 is 1.00 bits per heavy atom. The first-order valence-electron chi connectivity index (χ1n) is 4.25. The van der Waals surface area contributed by atoms with Gasteiger partial charge in [0, 0.05) is 18.5 Å². The van der Waals surface area contributed by atoms with Crippen LogP contribution in [0.2, 0.25) is 0 Å². The molecule has 0 amide bonds. The summed E-state index contributed by atoms with van der Waals surface area (Å²) < 4.78 is 0. The summed E-state index contributed by atoms with van der Waals surface area (Å²) in [4.78, 5) is 0. The highest BCUT2D eigenvalue weighted by Gasteiger charge is 2.42. The van der Waals surface area contributed by atoms with Crippen LogP contribution in [0.15, 0.2) is 0 Å². The van der Waals surface area contributed by atoms with Crippen LogP contribution in [-0.4, -0.2) is 23.4 Å². The van der Waals surface area contributed by atoms with Crippen molar-refractivity contribution < 1.29 is 5.21 Å². The lowest BCUT2D eigenvalue weighted by molar-refractivity contribution is -0.216. The van der Waals surface area contributed by atoms with Crippen LogP contribution in [0.3, 0.4) is 0 Å². The highest BCUT2D eigenvalue weighted by Crippen LogP contribution is 2.42. The fourth-order valence-corrected chi connectivity index (χ4v) is 2.35. The molecule has 0 aromatic carbocycles. The molecule has 0 aromatic rings. The van der Waals surface area contributed by atoms with Crippen molar-refractivity contribution in [3.63, 3.8) is 0 Å². The zero-order valence-electron chi connectivity index (χ0n) is 6.34. The second-order valence-corrected chi connectivity index (χ2v) is 3.88. The van der Waals surface area contributed by atoms with E-state index in [1.165, 1.54) is 37.2 Å². The van der Waals surface area contributed by atoms with E-state index in [4.69, 9.17) is 5.21 Å². The SMILES string of the molecule is ON1CC2(CCCCC2)C1. The lowest BCUT2D eigenvalue weighted by atomic mass is 9.70. The Hall–Kier alpha value is -0.0800. The van der Waals surface area contributed by atoms with Crippen LogP contribution in [0.1, 0.15) is 32.1 Å². The average Bonchev–Trinajstić information content (AvgIpc) is 1.87. The fourth-order valence-electron chi connectivity index (χ4n) is 2.35. The van der Waals surface area contributed by atoms with Gasteiger partial charge in [0.2, 0.25) is 0 Å². The molecule has 1 saturated heterocycles. The Morgan fingerprint density at radius 3 is 2.10 bits per heavy atom. The molecule has 2 aliphatic rings. The molecular weight excluding hydrogens is 126 g/mol. The van der Waals surface area contributed by atoms with E-state index in [1.807, 2.05) is 0 Å². The summed E-state index contributed by atoms with van der Waals surface area (Å²) in [5.41, 5.74) is 0.549. The van der Waals surface area contributed by atoms with E-state index in [1.54, 1.807) is 0 Å². The van der Waals surface area contributed by atoms with Crippen LogP contribution in [-0.2, 0) is 0 Å². The molecule has 0 aromatic heterocycles. The van der Waals surface area contributed by atoms with Crippen LogP contribution in [0.4, 0.5) is 0 Å². The Kier molecular flexibility index (Phi) is 1.46. The summed E-state index contributed by atoms with van der Waals surface area (Å²) in [6, 6.07) is 0. The number of hydrogen-bond acceptors (Lipinski definition) is 2. The quantitative estimate of drug-likeness (QED) is 0.554. The second kappa shape index (κ2) is 2.21. The maximum Gasteiger partial charge on any atom is 0.0308 e. The van der Waals surface area contributed by atoms with E-state index in [2.05, 4.69) is 0 Å². The standard InChI is InChI=1S/C8H15NO/c10-9-6-8(7-9)4-2-1-3-5-8/h10H,1-7H2. The van der Waals surface area contributed by atoms with Gasteiger partial charge in [-0.2, -0.15) is 5.06 Å². The fraction of sp³-hybridized carbons (Fsp3) is 1.00. The van der Waals surface area contributed by atoms with Gasteiger partial charge in [-0.15, -0.1) is 0 Å². The highest BCUT2D eigenvalue weighted by molar-refractivity contribution is 4.92. The maximum atomic E-state index is 9.00. The predicted molar refractivity (Wildman–Crippen MR) is 38.9 cm³/mol. The van der Waals surface area contributed by atoms with Crippen LogP contribution >= 0.6 is 0 Å². The third-order valence-corrected chi connectivity index (χ3v) is 2.95. The van der Waals surface area contributed by atoms with Crippen molar-refractivity contribution >= 4 is 0 Å². The number of nitrogens with zero attached hydrogens (tertiary/aromatic N) is 1. The van der Waals surface area contributed by atoms with Crippen molar-refractivity contribution in [2.75, 3.05) is 13.1 Å². The molecule has 2 fully saturated rings. The maximum absolute atomic E-state index is 9.00. The van der Waals surface area contributed by atoms with Crippen molar-refractivity contribution in [1.29, 1.82) is 0 Å². The van der Waals surface area contributed by atoms with Gasteiger partial charge >= 0.3 is 0 Å². The topological polar surface area (TPSA) is 23.5 Å². The van der Waals surface area contributed by atoms with Crippen LogP contribution < -0.4 is 0 Å². The Labute approximate surface area is 61.8 Å². The lowest BCUT2D eigenvalue weighted by Crippen LogP contribution is -2.55. The normalized spacial score (nSPS) is 32.1. The molecule has 0 bridgehead atoms. The summed E-state index contributed by atoms with van der Waals surface area (Å²) in [5.74, 6) is 0. The van der Waals surface area contributed by atoms with Gasteiger partial charge in [0.1, 0.15) is 0 Å². The monoisotopic (exact) mass is 141 g/mol. The summed E-state index contributed by atoms with van der Waals surface area (Å²) in [6.45, 7) is 1.88. The smallest absolute Gasteiger partial charge is 0.0308 e. The zero-order chi connectivity index (χ0) is 7.03. The Morgan fingerprint density at radius 2 is 1.60 bits per heavy atom. The van der Waals surface area contributed by atoms with E-state index >= 15 is 0 Å². The Bertz CT molecular complexity index is 114. The van der Waals surface area contributed by atoms with Gasteiger partial charge in [-0.05, 0) is 12.8 Å². The molecule has 2 heteroatoms. The third-order valence-electron chi connectivity index (χ3n) is 2.95. The molecule has 1 heterocycles. The molecule has 1 saturated carbocycles. The molecule has 2 nitrogen and oxygen atoms in total. The first kappa shape index (κ1) is 6.62. The van der Waals surface area contributed by atoms with Gasteiger partial charge < -0.3 is 5.21 Å². The van der Waals surface area contributed by atoms with Gasteiger partial charge in [0.05, 0.1) is 0 Å². The first-order valence-corrected chi connectivity index (χ1v) is 4.25. The molecule has 10 heavy (non-hydrogen) atoms. The first-order chi connectivity index (χ1) is 4.81. The summed E-state index contributed by atoms with van der Waals surface area (Å²) in [6.07, 6.45) is 6.88. The minimum atomic E-state index is 0.549. The molecule has 0 atom stereocenters. The van der Waals surface area contributed by atoms with E-state index in [9.17, 15) is 0 Å². The minimum Gasteiger partial charge on any atom is -0.314 e. The van der Waals surface area contributed by atoms with E-state index in [-0.39, 0.29) is 0 Å². The van der Waals surface area contributed by atoms with Gasteiger partial charge in [-0.1, -0.05) is 19.3 Å². The van der Waals surface area contributed by atoms with Gasteiger partial charge in [0.25, 0.3) is 0 Å². The number of rotatable bonds is 0. The van der Waals surface area contributed by atoms with Gasteiger partial charge in [-0.3, -0.25) is 0 Å².